The molecule has 0 radical (unpaired) electrons. The number of hydrogen-bond donors (Lipinski definition) is 0. The van der Waals surface area contributed by atoms with Crippen LogP contribution < -0.4 is 20.5 Å². The van der Waals surface area contributed by atoms with Gasteiger partial charge < -0.3 is 14.1 Å². The number of rotatable bonds is 1. The average Bonchev–Trinajstić information content (AvgIpc) is 3.38. The zero-order chi connectivity index (χ0) is 30.2. The molecule has 0 atom stereocenters. The predicted octanol–water partition coefficient (Wildman–Crippen LogP) is 9.07. The van der Waals surface area contributed by atoms with Gasteiger partial charge in [0.2, 0.25) is 0 Å². The molecular formula is C41H31BN2O. The van der Waals surface area contributed by atoms with Crippen molar-refractivity contribution in [2.45, 2.75) is 33.1 Å². The van der Waals surface area contributed by atoms with Crippen molar-refractivity contribution in [2.75, 3.05) is 4.81 Å². The average molecular weight is 579 g/mol. The number of aryl methyl sites for hydroxylation is 2. The van der Waals surface area contributed by atoms with Gasteiger partial charge in [0, 0.05) is 56.0 Å². The van der Waals surface area contributed by atoms with Crippen LogP contribution in [0.5, 0.6) is 11.5 Å². The number of nitrogens with zero attached hydrogens (tertiary/aromatic N) is 2. The van der Waals surface area contributed by atoms with Crippen molar-refractivity contribution >= 4 is 51.0 Å². The Morgan fingerprint density at radius 3 is 2.29 bits per heavy atom. The molecule has 214 valence electrons. The van der Waals surface area contributed by atoms with Gasteiger partial charge in [0.25, 0.3) is 0 Å². The second-order valence-electron chi connectivity index (χ2n) is 13.5. The minimum atomic E-state index is -0.206. The molecule has 3 nitrogen and oxygen atoms in total. The van der Waals surface area contributed by atoms with Gasteiger partial charge in [0.1, 0.15) is 11.5 Å². The van der Waals surface area contributed by atoms with Crippen molar-refractivity contribution in [3.05, 3.63) is 138 Å². The summed E-state index contributed by atoms with van der Waals surface area (Å²) in [5, 5.41) is 2.60. The van der Waals surface area contributed by atoms with E-state index in [4.69, 9.17) is 4.74 Å². The van der Waals surface area contributed by atoms with Gasteiger partial charge in [-0.25, -0.2) is 0 Å². The van der Waals surface area contributed by atoms with Gasteiger partial charge in [-0.3, -0.25) is 0 Å². The first kappa shape index (κ1) is 25.1. The highest BCUT2D eigenvalue weighted by atomic mass is 16.5. The van der Waals surface area contributed by atoms with Gasteiger partial charge >= 0.3 is 6.85 Å². The zero-order valence-corrected chi connectivity index (χ0v) is 25.8. The molecule has 1 aromatic heterocycles. The quantitative estimate of drug-likeness (QED) is 0.181. The molecule has 3 aliphatic rings. The zero-order valence-electron chi connectivity index (χ0n) is 25.8. The lowest BCUT2D eigenvalue weighted by molar-refractivity contribution is 0.418. The Bertz CT molecular complexity index is 2430. The highest BCUT2D eigenvalue weighted by Crippen LogP contribution is 2.53. The number of fused-ring (bicyclic) bond motifs is 9. The molecule has 0 amide bonds. The molecule has 10 rings (SSSR count). The van der Waals surface area contributed by atoms with Crippen molar-refractivity contribution in [2.24, 2.45) is 0 Å². The second kappa shape index (κ2) is 8.48. The number of benzene rings is 6. The Hall–Kier alpha value is -5.22. The number of ether oxygens (including phenoxy) is 1. The van der Waals surface area contributed by atoms with E-state index in [0.717, 1.165) is 11.5 Å². The van der Waals surface area contributed by atoms with Crippen LogP contribution in [0.3, 0.4) is 0 Å². The molecule has 0 saturated heterocycles. The Labute approximate surface area is 263 Å². The molecule has 4 heteroatoms. The van der Waals surface area contributed by atoms with Crippen LogP contribution in [0.4, 0.5) is 11.4 Å². The molecule has 0 N–H and O–H groups in total. The monoisotopic (exact) mass is 578 g/mol. The fourth-order valence-electron chi connectivity index (χ4n) is 8.55. The largest absolute Gasteiger partial charge is 0.457 e. The van der Waals surface area contributed by atoms with Gasteiger partial charge in [-0.15, -0.1) is 0 Å². The van der Waals surface area contributed by atoms with Crippen LogP contribution in [0.1, 0.15) is 36.1 Å². The van der Waals surface area contributed by atoms with Gasteiger partial charge in [-0.1, -0.05) is 92.7 Å². The summed E-state index contributed by atoms with van der Waals surface area (Å²) in [5.41, 5.74) is 16.3. The van der Waals surface area contributed by atoms with Gasteiger partial charge in [-0.2, -0.15) is 0 Å². The molecule has 0 spiro atoms. The maximum Gasteiger partial charge on any atom is 0.333 e. The third kappa shape index (κ3) is 3.12. The van der Waals surface area contributed by atoms with Crippen molar-refractivity contribution in [1.29, 1.82) is 0 Å². The summed E-state index contributed by atoms with van der Waals surface area (Å²) >= 11 is 0. The highest BCUT2D eigenvalue weighted by molar-refractivity contribution is 6.93. The first-order valence-electron chi connectivity index (χ1n) is 15.9. The Kier molecular flexibility index (Phi) is 4.74. The van der Waals surface area contributed by atoms with E-state index in [2.05, 4.69) is 152 Å². The Balaban J connectivity index is 1.37. The van der Waals surface area contributed by atoms with E-state index in [1.165, 1.54) is 83.2 Å². The smallest absolute Gasteiger partial charge is 0.333 e. The maximum absolute atomic E-state index is 6.73. The van der Waals surface area contributed by atoms with E-state index >= 15 is 0 Å². The van der Waals surface area contributed by atoms with Crippen LogP contribution >= 0.6 is 0 Å². The fourth-order valence-corrected chi connectivity index (χ4v) is 8.55. The van der Waals surface area contributed by atoms with Crippen LogP contribution in [0.2, 0.25) is 0 Å². The molecule has 0 bridgehead atoms. The highest BCUT2D eigenvalue weighted by Gasteiger charge is 2.45. The lowest BCUT2D eigenvalue weighted by Gasteiger charge is -2.44. The van der Waals surface area contributed by atoms with E-state index < -0.39 is 0 Å². The first-order chi connectivity index (χ1) is 21.9. The standard InChI is InChI=1S/C41H31BN2O/c1-24-20-29-28-22-31-38(45-37-19-10-7-15-30(37)41(31,3)4)23-35(28)44(33-17-8-5-12-25(33)2)42-32-16-11-14-27-26-13-6-9-18-34(26)43(40(27)32)36(21-24)39(29)42/h5-23H,1-4H3. The minimum Gasteiger partial charge on any atom is -0.457 e. The van der Waals surface area contributed by atoms with E-state index in [1.807, 2.05) is 0 Å². The lowest BCUT2D eigenvalue weighted by Crippen LogP contribution is -2.60. The van der Waals surface area contributed by atoms with Crippen molar-refractivity contribution in [1.82, 2.24) is 4.57 Å². The first-order valence-corrected chi connectivity index (χ1v) is 15.9. The topological polar surface area (TPSA) is 17.4 Å². The SMILES string of the molecule is Cc1cc2c3c(c1)-n1c4ccccc4c4cccc(c41)B3N(c1ccccc1C)c1cc3c(cc1-2)C(C)(C)c1ccccc1O3. The third-order valence-corrected chi connectivity index (χ3v) is 10.6. The van der Waals surface area contributed by atoms with Crippen LogP contribution in [-0.2, 0) is 5.41 Å². The normalized spacial score (nSPS) is 14.9. The van der Waals surface area contributed by atoms with Gasteiger partial charge in [-0.05, 0) is 71.8 Å². The molecule has 7 aromatic rings. The van der Waals surface area contributed by atoms with E-state index in [9.17, 15) is 0 Å². The summed E-state index contributed by atoms with van der Waals surface area (Å²) in [4.78, 5) is 2.60. The molecule has 45 heavy (non-hydrogen) atoms. The molecular weight excluding hydrogens is 547 g/mol. The van der Waals surface area contributed by atoms with Crippen LogP contribution in [0.25, 0.3) is 38.6 Å². The summed E-state index contributed by atoms with van der Waals surface area (Å²) in [7, 11) is 0. The van der Waals surface area contributed by atoms with E-state index in [0.29, 0.717) is 0 Å². The third-order valence-electron chi connectivity index (χ3n) is 10.6. The Morgan fingerprint density at radius 2 is 1.40 bits per heavy atom. The van der Waals surface area contributed by atoms with Crippen molar-refractivity contribution in [3.63, 3.8) is 0 Å². The predicted molar refractivity (Wildman–Crippen MR) is 188 cm³/mol. The van der Waals surface area contributed by atoms with E-state index in [1.54, 1.807) is 0 Å². The Morgan fingerprint density at radius 1 is 0.622 bits per heavy atom. The summed E-state index contributed by atoms with van der Waals surface area (Å²) < 4.78 is 9.27. The molecule has 6 aromatic carbocycles. The van der Waals surface area contributed by atoms with Crippen LogP contribution in [0, 0.1) is 13.8 Å². The number of anilines is 2. The summed E-state index contributed by atoms with van der Waals surface area (Å²) in [6.45, 7) is 9.13. The van der Waals surface area contributed by atoms with Crippen LogP contribution in [0.15, 0.2) is 115 Å². The minimum absolute atomic E-state index is 0.00616. The number of aromatic nitrogens is 1. The van der Waals surface area contributed by atoms with Crippen molar-refractivity contribution < 1.29 is 4.74 Å². The van der Waals surface area contributed by atoms with Gasteiger partial charge in [0.15, 0.2) is 0 Å². The molecule has 3 aliphatic heterocycles. The molecule has 4 heterocycles. The molecule has 0 saturated carbocycles. The lowest BCUT2D eigenvalue weighted by atomic mass is 9.43. The summed E-state index contributed by atoms with van der Waals surface area (Å²) in [5.74, 6) is 1.88. The molecule has 0 unspecified atom stereocenters. The number of para-hydroxylation sites is 4. The molecule has 0 fully saturated rings. The summed E-state index contributed by atoms with van der Waals surface area (Å²) in [6.07, 6.45) is 0. The maximum atomic E-state index is 6.73. The fraction of sp³-hybridized carbons (Fsp3) is 0.122. The second-order valence-corrected chi connectivity index (χ2v) is 13.5. The van der Waals surface area contributed by atoms with Crippen molar-refractivity contribution in [3.8, 4) is 28.3 Å². The van der Waals surface area contributed by atoms with Crippen LogP contribution in [-0.4, -0.2) is 11.4 Å². The summed E-state index contributed by atoms with van der Waals surface area (Å²) in [6, 6.07) is 42.6. The molecule has 0 aliphatic carbocycles. The van der Waals surface area contributed by atoms with E-state index in [-0.39, 0.29) is 12.3 Å². The van der Waals surface area contributed by atoms with Gasteiger partial charge in [0.05, 0.1) is 11.0 Å². The number of hydrogen-bond acceptors (Lipinski definition) is 2.